The van der Waals surface area contributed by atoms with Crippen LogP contribution in [0.1, 0.15) is 25.3 Å². The molecule has 0 spiro atoms. The molecule has 21 heavy (non-hydrogen) atoms. The molecule has 3 nitrogen and oxygen atoms in total. The summed E-state index contributed by atoms with van der Waals surface area (Å²) in [5.41, 5.74) is 2.80. The second kappa shape index (κ2) is 5.95. The first kappa shape index (κ1) is 14.2. The number of nitriles is 1. The summed E-state index contributed by atoms with van der Waals surface area (Å²) in [6, 6.07) is 10.5. The number of hydrogen-bond donors (Lipinski definition) is 0. The van der Waals surface area contributed by atoms with Crippen molar-refractivity contribution in [1.82, 2.24) is 4.98 Å². The van der Waals surface area contributed by atoms with E-state index in [1.54, 1.807) is 11.8 Å². The number of piperidine rings is 1. The molecule has 2 aromatic rings. The summed E-state index contributed by atoms with van der Waals surface area (Å²) >= 11 is 1.55. The van der Waals surface area contributed by atoms with E-state index >= 15 is 0 Å². The van der Waals surface area contributed by atoms with E-state index in [-0.39, 0.29) is 0 Å². The van der Waals surface area contributed by atoms with Crippen molar-refractivity contribution in [2.24, 2.45) is 5.92 Å². The molecular weight excluding hydrogens is 278 g/mol. The molecule has 1 aromatic carbocycles. The van der Waals surface area contributed by atoms with Gasteiger partial charge in [-0.15, -0.1) is 11.8 Å². The van der Waals surface area contributed by atoms with E-state index in [4.69, 9.17) is 0 Å². The summed E-state index contributed by atoms with van der Waals surface area (Å²) < 4.78 is 0. The van der Waals surface area contributed by atoms with Gasteiger partial charge in [0.25, 0.3) is 0 Å². The van der Waals surface area contributed by atoms with Crippen molar-refractivity contribution >= 4 is 28.4 Å². The molecule has 2 heterocycles. The lowest BCUT2D eigenvalue weighted by Crippen LogP contribution is -2.33. The molecule has 0 bridgehead atoms. The summed E-state index contributed by atoms with van der Waals surface area (Å²) in [6.07, 6.45) is 4.37. The third-order valence-electron chi connectivity index (χ3n) is 4.24. The van der Waals surface area contributed by atoms with Crippen LogP contribution in [0.3, 0.4) is 0 Å². The summed E-state index contributed by atoms with van der Waals surface area (Å²) in [7, 11) is 0. The number of rotatable bonds is 2. The number of benzene rings is 1. The van der Waals surface area contributed by atoms with E-state index in [9.17, 15) is 5.26 Å². The zero-order chi connectivity index (χ0) is 14.8. The van der Waals surface area contributed by atoms with Crippen LogP contribution < -0.4 is 4.90 Å². The van der Waals surface area contributed by atoms with E-state index in [0.29, 0.717) is 0 Å². The number of anilines is 1. The predicted octanol–water partition coefficient (Wildman–Crippen LogP) is 4.06. The average Bonchev–Trinajstić information content (AvgIpc) is 2.53. The van der Waals surface area contributed by atoms with Crippen molar-refractivity contribution in [2.45, 2.75) is 24.8 Å². The topological polar surface area (TPSA) is 39.9 Å². The molecule has 0 saturated carbocycles. The Morgan fingerprint density at radius 1 is 1.29 bits per heavy atom. The average molecular weight is 297 g/mol. The van der Waals surface area contributed by atoms with Crippen molar-refractivity contribution in [3.63, 3.8) is 0 Å². The quantitative estimate of drug-likeness (QED) is 0.784. The van der Waals surface area contributed by atoms with Crippen LogP contribution >= 0.6 is 11.8 Å². The van der Waals surface area contributed by atoms with Crippen LogP contribution in [0.25, 0.3) is 10.9 Å². The zero-order valence-electron chi connectivity index (χ0n) is 12.5. The van der Waals surface area contributed by atoms with Crippen molar-refractivity contribution in [2.75, 3.05) is 24.2 Å². The van der Waals surface area contributed by atoms with Crippen molar-refractivity contribution in [3.05, 3.63) is 29.8 Å². The molecule has 0 amide bonds. The Balaban J connectivity index is 2.20. The monoisotopic (exact) mass is 297 g/mol. The highest BCUT2D eigenvalue weighted by Crippen LogP contribution is 2.36. The molecule has 0 atom stereocenters. The van der Waals surface area contributed by atoms with Crippen LogP contribution in [0.2, 0.25) is 0 Å². The number of aromatic nitrogens is 1. The van der Waals surface area contributed by atoms with Crippen LogP contribution in [0.4, 0.5) is 5.69 Å². The Hall–Kier alpha value is -1.73. The van der Waals surface area contributed by atoms with E-state index < -0.39 is 0 Å². The van der Waals surface area contributed by atoms with Crippen LogP contribution in [0, 0.1) is 17.2 Å². The highest BCUT2D eigenvalue weighted by atomic mass is 32.2. The minimum atomic E-state index is 0.732. The van der Waals surface area contributed by atoms with Crippen LogP contribution in [-0.4, -0.2) is 24.3 Å². The third-order valence-corrected chi connectivity index (χ3v) is 4.92. The SMILES string of the molecule is CSc1nc2ccccc2c(N2CCC(C)CC2)c1C#N. The van der Waals surface area contributed by atoms with Gasteiger partial charge < -0.3 is 4.90 Å². The molecule has 1 saturated heterocycles. The Morgan fingerprint density at radius 3 is 2.67 bits per heavy atom. The molecule has 1 aliphatic rings. The van der Waals surface area contributed by atoms with E-state index in [1.807, 2.05) is 24.5 Å². The number of hydrogen-bond acceptors (Lipinski definition) is 4. The molecule has 1 fully saturated rings. The molecule has 0 unspecified atom stereocenters. The molecule has 1 aliphatic heterocycles. The fourth-order valence-electron chi connectivity index (χ4n) is 2.98. The van der Waals surface area contributed by atoms with Gasteiger partial charge in [-0.1, -0.05) is 25.1 Å². The minimum absolute atomic E-state index is 0.732. The zero-order valence-corrected chi connectivity index (χ0v) is 13.3. The predicted molar refractivity (Wildman–Crippen MR) is 88.9 cm³/mol. The van der Waals surface area contributed by atoms with Gasteiger partial charge in [0.05, 0.1) is 11.2 Å². The number of pyridine rings is 1. The van der Waals surface area contributed by atoms with E-state index in [2.05, 4.69) is 28.9 Å². The van der Waals surface area contributed by atoms with Gasteiger partial charge in [0, 0.05) is 18.5 Å². The first-order chi connectivity index (χ1) is 10.2. The molecule has 4 heteroatoms. The lowest BCUT2D eigenvalue weighted by atomic mass is 9.97. The van der Waals surface area contributed by atoms with Crippen LogP contribution in [0.5, 0.6) is 0 Å². The molecule has 0 N–H and O–H groups in total. The van der Waals surface area contributed by atoms with Gasteiger partial charge in [0.1, 0.15) is 16.7 Å². The Kier molecular flexibility index (Phi) is 4.03. The molecular formula is C17H19N3S. The second-order valence-electron chi connectivity index (χ2n) is 5.64. The Bertz CT molecular complexity index is 697. The molecule has 1 aromatic heterocycles. The highest BCUT2D eigenvalue weighted by Gasteiger charge is 2.23. The van der Waals surface area contributed by atoms with Gasteiger partial charge in [0.2, 0.25) is 0 Å². The lowest BCUT2D eigenvalue weighted by molar-refractivity contribution is 0.438. The Labute approximate surface area is 130 Å². The summed E-state index contributed by atoms with van der Waals surface area (Å²) in [5, 5.41) is 11.6. The summed E-state index contributed by atoms with van der Waals surface area (Å²) in [4.78, 5) is 7.03. The third kappa shape index (κ3) is 2.58. The lowest BCUT2D eigenvalue weighted by Gasteiger charge is -2.33. The summed E-state index contributed by atoms with van der Waals surface area (Å²) in [5.74, 6) is 0.778. The maximum Gasteiger partial charge on any atom is 0.116 e. The number of thioether (sulfide) groups is 1. The first-order valence-corrected chi connectivity index (χ1v) is 8.59. The van der Waals surface area contributed by atoms with Gasteiger partial charge in [-0.2, -0.15) is 5.26 Å². The number of para-hydroxylation sites is 1. The van der Waals surface area contributed by atoms with E-state index in [1.165, 1.54) is 12.8 Å². The molecule has 0 radical (unpaired) electrons. The fraction of sp³-hybridized carbons (Fsp3) is 0.412. The van der Waals surface area contributed by atoms with Crippen LogP contribution in [-0.2, 0) is 0 Å². The van der Waals surface area contributed by atoms with Gasteiger partial charge in [0.15, 0.2) is 0 Å². The maximum absolute atomic E-state index is 9.64. The molecule has 3 rings (SSSR count). The first-order valence-electron chi connectivity index (χ1n) is 7.36. The van der Waals surface area contributed by atoms with Crippen molar-refractivity contribution < 1.29 is 0 Å². The largest absolute Gasteiger partial charge is 0.370 e. The molecule has 108 valence electrons. The number of nitrogens with zero attached hydrogens (tertiary/aromatic N) is 3. The number of fused-ring (bicyclic) bond motifs is 1. The fourth-order valence-corrected chi connectivity index (χ4v) is 3.52. The summed E-state index contributed by atoms with van der Waals surface area (Å²) in [6.45, 7) is 4.36. The van der Waals surface area contributed by atoms with Gasteiger partial charge in [-0.25, -0.2) is 4.98 Å². The van der Waals surface area contributed by atoms with Gasteiger partial charge in [-0.05, 0) is 31.1 Å². The highest BCUT2D eigenvalue weighted by molar-refractivity contribution is 7.98. The Morgan fingerprint density at radius 2 is 2.00 bits per heavy atom. The minimum Gasteiger partial charge on any atom is -0.370 e. The second-order valence-corrected chi connectivity index (χ2v) is 6.44. The van der Waals surface area contributed by atoms with Crippen molar-refractivity contribution in [1.29, 1.82) is 5.26 Å². The van der Waals surface area contributed by atoms with Gasteiger partial charge in [-0.3, -0.25) is 0 Å². The standard InChI is InChI=1S/C17H19N3S/c1-12-7-9-20(10-8-12)16-13-5-3-4-6-15(13)19-17(21-2)14(16)11-18/h3-6,12H,7-10H2,1-2H3. The maximum atomic E-state index is 9.64. The van der Waals surface area contributed by atoms with Crippen molar-refractivity contribution in [3.8, 4) is 6.07 Å². The smallest absolute Gasteiger partial charge is 0.116 e. The molecule has 0 aliphatic carbocycles. The van der Waals surface area contributed by atoms with Crippen LogP contribution in [0.15, 0.2) is 29.3 Å². The van der Waals surface area contributed by atoms with E-state index in [0.717, 1.165) is 46.2 Å². The normalized spacial score (nSPS) is 16.1. The van der Waals surface area contributed by atoms with Gasteiger partial charge >= 0.3 is 0 Å².